The first-order valence-electron chi connectivity index (χ1n) is 7.86. The molecule has 3 rings (SSSR count). The quantitative estimate of drug-likeness (QED) is 0.875. The van der Waals surface area contributed by atoms with Crippen molar-refractivity contribution in [3.63, 3.8) is 0 Å². The minimum Gasteiger partial charge on any atom is -0.467 e. The molecule has 0 aromatic carbocycles. The fraction of sp³-hybridized carbons (Fsp3) is 0.412. The number of aromatic nitrogens is 1. The normalized spacial score (nSPS) is 13.6. The second kappa shape index (κ2) is 6.83. The molecular formula is C17H20N2O4. The van der Waals surface area contributed by atoms with Crippen LogP contribution >= 0.6 is 0 Å². The van der Waals surface area contributed by atoms with Crippen LogP contribution in [0.1, 0.15) is 40.2 Å². The van der Waals surface area contributed by atoms with Crippen molar-refractivity contribution in [3.8, 4) is 0 Å². The smallest absolute Gasteiger partial charge is 0.261 e. The first-order valence-corrected chi connectivity index (χ1v) is 7.86. The molecule has 0 fully saturated rings. The lowest BCUT2D eigenvalue weighted by atomic mass is 9.95. The molecule has 0 bridgehead atoms. The van der Waals surface area contributed by atoms with Gasteiger partial charge in [0.2, 0.25) is 0 Å². The van der Waals surface area contributed by atoms with Gasteiger partial charge in [-0.2, -0.15) is 0 Å². The average molecular weight is 316 g/mol. The van der Waals surface area contributed by atoms with E-state index in [2.05, 4.69) is 4.98 Å². The summed E-state index contributed by atoms with van der Waals surface area (Å²) in [6, 6.07) is 5.21. The zero-order valence-corrected chi connectivity index (χ0v) is 12.9. The molecule has 0 atom stereocenters. The third-order valence-electron chi connectivity index (χ3n) is 4.15. The van der Waals surface area contributed by atoms with Crippen LogP contribution in [0.5, 0.6) is 0 Å². The molecule has 0 aliphatic heterocycles. The Hall–Kier alpha value is -2.34. The molecule has 0 spiro atoms. The van der Waals surface area contributed by atoms with Crippen LogP contribution in [0.4, 0.5) is 0 Å². The maximum Gasteiger partial charge on any atom is 0.261 e. The molecule has 0 radical (unpaired) electrons. The lowest BCUT2D eigenvalue weighted by molar-refractivity contribution is 0.0692. The number of carbonyl (C=O) groups is 1. The molecule has 1 aliphatic rings. The Morgan fingerprint density at radius 2 is 2.17 bits per heavy atom. The lowest BCUT2D eigenvalue weighted by Crippen LogP contribution is -2.37. The summed E-state index contributed by atoms with van der Waals surface area (Å²) in [5, 5.41) is 9.21. The van der Waals surface area contributed by atoms with Crippen molar-refractivity contribution >= 4 is 5.91 Å². The zero-order valence-electron chi connectivity index (χ0n) is 12.9. The van der Waals surface area contributed by atoms with E-state index in [-0.39, 0.29) is 36.7 Å². The molecule has 2 aromatic rings. The number of amides is 1. The molecule has 6 heteroatoms. The van der Waals surface area contributed by atoms with Crippen LogP contribution in [0, 0.1) is 0 Å². The standard InChI is InChI=1S/C17H20N2O4/c20-8-7-19(11-13-5-3-9-23-13)17(22)14-10-12-4-1-2-6-15(12)18-16(14)21/h3,5,9-10,20H,1-2,4,6-8,11H2,(H,18,21). The van der Waals surface area contributed by atoms with Crippen molar-refractivity contribution < 1.29 is 14.3 Å². The van der Waals surface area contributed by atoms with Crippen molar-refractivity contribution in [1.29, 1.82) is 0 Å². The second-order valence-electron chi connectivity index (χ2n) is 5.75. The van der Waals surface area contributed by atoms with Gasteiger partial charge in [-0.25, -0.2) is 0 Å². The summed E-state index contributed by atoms with van der Waals surface area (Å²) in [7, 11) is 0. The largest absolute Gasteiger partial charge is 0.467 e. The van der Waals surface area contributed by atoms with Gasteiger partial charge in [-0.15, -0.1) is 0 Å². The first-order chi connectivity index (χ1) is 11.2. The number of aliphatic hydroxyl groups excluding tert-OH is 1. The molecule has 122 valence electrons. The number of pyridine rings is 1. The topological polar surface area (TPSA) is 86.5 Å². The van der Waals surface area contributed by atoms with E-state index < -0.39 is 0 Å². The molecule has 2 aromatic heterocycles. The number of nitrogens with one attached hydrogen (secondary N) is 1. The van der Waals surface area contributed by atoms with E-state index in [9.17, 15) is 14.7 Å². The van der Waals surface area contributed by atoms with Gasteiger partial charge < -0.3 is 19.4 Å². The van der Waals surface area contributed by atoms with E-state index in [4.69, 9.17) is 4.42 Å². The van der Waals surface area contributed by atoms with Gasteiger partial charge in [0.25, 0.3) is 11.5 Å². The number of hydrogen-bond acceptors (Lipinski definition) is 4. The summed E-state index contributed by atoms with van der Waals surface area (Å²) in [5.74, 6) is 0.228. The Morgan fingerprint density at radius 3 is 2.91 bits per heavy atom. The molecule has 2 heterocycles. The van der Waals surface area contributed by atoms with Crippen molar-refractivity contribution in [3.05, 3.63) is 57.4 Å². The van der Waals surface area contributed by atoms with E-state index in [1.165, 1.54) is 11.2 Å². The number of rotatable bonds is 5. The summed E-state index contributed by atoms with van der Waals surface area (Å²) in [6.07, 6.45) is 5.39. The maximum absolute atomic E-state index is 12.7. The van der Waals surface area contributed by atoms with Crippen LogP contribution in [-0.4, -0.2) is 34.0 Å². The van der Waals surface area contributed by atoms with Gasteiger partial charge in [-0.1, -0.05) is 0 Å². The second-order valence-corrected chi connectivity index (χ2v) is 5.75. The number of H-pyrrole nitrogens is 1. The number of aromatic amines is 1. The highest BCUT2D eigenvalue weighted by atomic mass is 16.3. The van der Waals surface area contributed by atoms with Crippen molar-refractivity contribution in [2.24, 2.45) is 0 Å². The van der Waals surface area contributed by atoms with Crippen LogP contribution in [0.3, 0.4) is 0 Å². The van der Waals surface area contributed by atoms with Crippen molar-refractivity contribution in [1.82, 2.24) is 9.88 Å². The Kier molecular flexibility index (Phi) is 4.62. The monoisotopic (exact) mass is 316 g/mol. The maximum atomic E-state index is 12.7. The van der Waals surface area contributed by atoms with Crippen LogP contribution in [-0.2, 0) is 19.4 Å². The highest BCUT2D eigenvalue weighted by molar-refractivity contribution is 5.94. The molecule has 6 nitrogen and oxygen atoms in total. The van der Waals surface area contributed by atoms with Gasteiger partial charge in [0, 0.05) is 12.2 Å². The SMILES string of the molecule is O=C(c1cc2c([nH]c1=O)CCCC2)N(CCO)Cc1ccco1. The highest BCUT2D eigenvalue weighted by Gasteiger charge is 2.22. The van der Waals surface area contributed by atoms with E-state index in [1.807, 2.05) is 0 Å². The Labute approximate surface area is 133 Å². The molecule has 23 heavy (non-hydrogen) atoms. The third kappa shape index (κ3) is 3.37. The van der Waals surface area contributed by atoms with E-state index in [0.717, 1.165) is 36.9 Å². The van der Waals surface area contributed by atoms with Gasteiger partial charge in [0.05, 0.1) is 19.4 Å². The van der Waals surface area contributed by atoms with Crippen LogP contribution in [0.2, 0.25) is 0 Å². The summed E-state index contributed by atoms with van der Waals surface area (Å²) in [4.78, 5) is 29.2. The van der Waals surface area contributed by atoms with Gasteiger partial charge >= 0.3 is 0 Å². The summed E-state index contributed by atoms with van der Waals surface area (Å²) in [5.41, 5.74) is 1.75. The number of hydrogen-bond donors (Lipinski definition) is 2. The molecule has 2 N–H and O–H groups in total. The number of nitrogens with zero attached hydrogens (tertiary/aromatic N) is 1. The number of aliphatic hydroxyl groups is 1. The first kappa shape index (κ1) is 15.6. The predicted octanol–water partition coefficient (Wildman–Crippen LogP) is 1.48. The number of furan rings is 1. The number of carbonyl (C=O) groups excluding carboxylic acids is 1. The Morgan fingerprint density at radius 1 is 1.35 bits per heavy atom. The minimum absolute atomic E-state index is 0.130. The van der Waals surface area contributed by atoms with Crippen molar-refractivity contribution in [2.45, 2.75) is 32.2 Å². The van der Waals surface area contributed by atoms with E-state index in [0.29, 0.717) is 5.76 Å². The Bertz CT molecular complexity index is 734. The summed E-state index contributed by atoms with van der Waals surface area (Å²) in [6.45, 7) is 0.203. The van der Waals surface area contributed by atoms with Gasteiger partial charge in [-0.05, 0) is 49.4 Å². The highest BCUT2D eigenvalue weighted by Crippen LogP contribution is 2.19. The van der Waals surface area contributed by atoms with Gasteiger partial charge in [0.1, 0.15) is 11.3 Å². The van der Waals surface area contributed by atoms with Crippen molar-refractivity contribution in [2.75, 3.05) is 13.2 Å². The van der Waals surface area contributed by atoms with Crippen LogP contribution < -0.4 is 5.56 Å². The number of aryl methyl sites for hydroxylation is 2. The molecule has 0 unspecified atom stereocenters. The van der Waals surface area contributed by atoms with E-state index in [1.54, 1.807) is 18.2 Å². The minimum atomic E-state index is -0.384. The molecule has 1 amide bonds. The van der Waals surface area contributed by atoms with Gasteiger partial charge in [-0.3, -0.25) is 9.59 Å². The average Bonchev–Trinajstić information content (AvgIpc) is 3.06. The fourth-order valence-corrected chi connectivity index (χ4v) is 2.97. The van der Waals surface area contributed by atoms with Crippen LogP contribution in [0.25, 0.3) is 0 Å². The molecule has 1 aliphatic carbocycles. The van der Waals surface area contributed by atoms with Crippen LogP contribution in [0.15, 0.2) is 33.7 Å². The fourth-order valence-electron chi connectivity index (χ4n) is 2.97. The van der Waals surface area contributed by atoms with E-state index >= 15 is 0 Å². The van der Waals surface area contributed by atoms with Gasteiger partial charge in [0.15, 0.2) is 0 Å². The molecule has 0 saturated heterocycles. The third-order valence-corrected chi connectivity index (χ3v) is 4.15. The summed E-state index contributed by atoms with van der Waals surface area (Å²) >= 11 is 0. The summed E-state index contributed by atoms with van der Waals surface area (Å²) < 4.78 is 5.26. The predicted molar refractivity (Wildman–Crippen MR) is 84.2 cm³/mol. The Balaban J connectivity index is 1.88. The lowest BCUT2D eigenvalue weighted by Gasteiger charge is -2.22. The molecular weight excluding hydrogens is 296 g/mol. The molecule has 0 saturated carbocycles. The number of fused-ring (bicyclic) bond motifs is 1. The zero-order chi connectivity index (χ0) is 16.2.